The molecule has 0 saturated heterocycles. The van der Waals surface area contributed by atoms with Crippen LogP contribution >= 0.6 is 23.2 Å². The molecule has 0 spiro atoms. The van der Waals surface area contributed by atoms with Gasteiger partial charge in [0.2, 0.25) is 11.8 Å². The van der Waals surface area contributed by atoms with Crippen LogP contribution < -0.4 is 5.32 Å². The molecule has 0 amide bonds. The second-order valence-corrected chi connectivity index (χ2v) is 7.44. The summed E-state index contributed by atoms with van der Waals surface area (Å²) in [6, 6.07) is 24.9. The molecule has 0 radical (unpaired) electrons. The van der Waals surface area contributed by atoms with Crippen molar-refractivity contribution in [3.8, 4) is 11.5 Å². The first-order chi connectivity index (χ1) is 14.2. The lowest BCUT2D eigenvalue weighted by molar-refractivity contribution is 0.440. The number of rotatable bonds is 7. The highest BCUT2D eigenvalue weighted by Crippen LogP contribution is 2.29. The fourth-order valence-corrected chi connectivity index (χ4v) is 3.47. The highest BCUT2D eigenvalue weighted by atomic mass is 35.5. The van der Waals surface area contributed by atoms with Gasteiger partial charge in [-0.25, -0.2) is 0 Å². The maximum Gasteiger partial charge on any atom is 0.247 e. The summed E-state index contributed by atoms with van der Waals surface area (Å²) in [5, 5.41) is 13.4. The summed E-state index contributed by atoms with van der Waals surface area (Å²) in [6.45, 7) is 0.709. The van der Waals surface area contributed by atoms with Crippen molar-refractivity contribution >= 4 is 23.2 Å². The van der Waals surface area contributed by atoms with Gasteiger partial charge in [0.1, 0.15) is 6.04 Å². The lowest BCUT2D eigenvalue weighted by Crippen LogP contribution is -2.25. The van der Waals surface area contributed by atoms with E-state index in [9.17, 15) is 0 Å². The molecule has 146 valence electrons. The number of benzene rings is 3. The van der Waals surface area contributed by atoms with Gasteiger partial charge in [0.15, 0.2) is 0 Å². The molecule has 4 aromatic rings. The second kappa shape index (κ2) is 9.23. The van der Waals surface area contributed by atoms with Gasteiger partial charge in [-0.15, -0.1) is 10.2 Å². The lowest BCUT2D eigenvalue weighted by atomic mass is 10.1. The number of hydrogen-bond acceptors (Lipinski definition) is 4. The van der Waals surface area contributed by atoms with Gasteiger partial charge in [0.25, 0.3) is 0 Å². The first-order valence-electron chi connectivity index (χ1n) is 9.32. The van der Waals surface area contributed by atoms with E-state index in [-0.39, 0.29) is 6.04 Å². The molecule has 0 fully saturated rings. The zero-order valence-electron chi connectivity index (χ0n) is 15.6. The Labute approximate surface area is 179 Å². The zero-order valence-corrected chi connectivity index (χ0v) is 17.1. The molecule has 0 unspecified atom stereocenters. The molecule has 0 aliphatic heterocycles. The van der Waals surface area contributed by atoms with E-state index in [0.29, 0.717) is 23.3 Å². The highest BCUT2D eigenvalue weighted by molar-refractivity contribution is 6.31. The molecule has 0 aliphatic carbocycles. The maximum atomic E-state index is 6.46. The molecule has 1 heterocycles. The first-order valence-corrected chi connectivity index (χ1v) is 10.1. The number of halogens is 2. The second-order valence-electron chi connectivity index (χ2n) is 6.60. The Morgan fingerprint density at radius 3 is 2.31 bits per heavy atom. The quantitative estimate of drug-likeness (QED) is 0.398. The van der Waals surface area contributed by atoms with Crippen LogP contribution in [0.2, 0.25) is 10.0 Å². The predicted octanol–water partition coefficient (Wildman–Crippen LogP) is 5.97. The molecule has 1 aromatic heterocycles. The molecule has 29 heavy (non-hydrogen) atoms. The molecule has 4 nitrogen and oxygen atoms in total. The minimum atomic E-state index is -0.305. The van der Waals surface area contributed by atoms with E-state index in [1.54, 1.807) is 0 Å². The third kappa shape index (κ3) is 4.85. The largest absolute Gasteiger partial charge is 0.419 e. The average Bonchev–Trinajstić information content (AvgIpc) is 3.24. The average molecular weight is 424 g/mol. The molecule has 0 saturated carbocycles. The summed E-state index contributed by atoms with van der Waals surface area (Å²) < 4.78 is 6.00. The highest BCUT2D eigenvalue weighted by Gasteiger charge is 2.23. The van der Waals surface area contributed by atoms with Crippen LogP contribution in [0.25, 0.3) is 11.5 Å². The molecular formula is C23H19Cl2N3O. The third-order valence-electron chi connectivity index (χ3n) is 4.60. The van der Waals surface area contributed by atoms with Gasteiger partial charge in [-0.2, -0.15) is 0 Å². The van der Waals surface area contributed by atoms with Crippen LogP contribution in [0.3, 0.4) is 0 Å². The predicted molar refractivity (Wildman–Crippen MR) is 116 cm³/mol. The molecule has 0 bridgehead atoms. The Balaban J connectivity index is 1.57. The molecule has 1 atom stereocenters. The van der Waals surface area contributed by atoms with Gasteiger partial charge in [0, 0.05) is 22.2 Å². The van der Waals surface area contributed by atoms with Crippen molar-refractivity contribution in [2.45, 2.75) is 12.5 Å². The van der Waals surface area contributed by atoms with E-state index in [1.807, 2.05) is 78.9 Å². The van der Waals surface area contributed by atoms with Crippen molar-refractivity contribution in [3.63, 3.8) is 0 Å². The third-order valence-corrected chi connectivity index (χ3v) is 5.20. The molecule has 6 heteroatoms. The fraction of sp³-hybridized carbons (Fsp3) is 0.130. The summed E-state index contributed by atoms with van der Waals surface area (Å²) in [7, 11) is 0. The lowest BCUT2D eigenvalue weighted by Gasteiger charge is -2.17. The maximum absolute atomic E-state index is 6.46. The van der Waals surface area contributed by atoms with Gasteiger partial charge in [-0.05, 0) is 47.9 Å². The van der Waals surface area contributed by atoms with Gasteiger partial charge < -0.3 is 9.73 Å². The summed E-state index contributed by atoms with van der Waals surface area (Å²) in [5.74, 6) is 0.963. The smallest absolute Gasteiger partial charge is 0.247 e. The molecule has 1 N–H and O–H groups in total. The van der Waals surface area contributed by atoms with Gasteiger partial charge in [0.05, 0.1) is 0 Å². The standard InChI is InChI=1S/C23H19Cl2N3O/c24-18-12-10-16(11-13-18)14-15-26-21(19-8-4-5-9-20(19)25)23-28-27-22(29-23)17-6-2-1-3-7-17/h1-13,21,26H,14-15H2/t21-/m0/s1. The van der Waals surface area contributed by atoms with E-state index in [0.717, 1.165) is 22.6 Å². The van der Waals surface area contributed by atoms with E-state index in [4.69, 9.17) is 27.6 Å². The van der Waals surface area contributed by atoms with Crippen LogP contribution in [0.15, 0.2) is 83.3 Å². The van der Waals surface area contributed by atoms with Gasteiger partial charge in [-0.3, -0.25) is 0 Å². The minimum absolute atomic E-state index is 0.305. The van der Waals surface area contributed by atoms with Gasteiger partial charge >= 0.3 is 0 Å². The normalized spacial score (nSPS) is 12.1. The monoisotopic (exact) mass is 423 g/mol. The molecule has 3 aromatic carbocycles. The summed E-state index contributed by atoms with van der Waals surface area (Å²) >= 11 is 12.4. The Hall–Kier alpha value is -2.66. The molecule has 0 aliphatic rings. The SMILES string of the molecule is Clc1ccc(CCN[C@H](c2nnc(-c3ccccc3)o2)c2ccccc2Cl)cc1. The fourth-order valence-electron chi connectivity index (χ4n) is 3.10. The van der Waals surface area contributed by atoms with E-state index in [1.165, 1.54) is 5.56 Å². The Bertz CT molecular complexity index is 1060. The number of nitrogens with zero attached hydrogens (tertiary/aromatic N) is 2. The van der Waals surface area contributed by atoms with Crippen LogP contribution in [0.5, 0.6) is 0 Å². The number of aromatic nitrogens is 2. The van der Waals surface area contributed by atoms with Crippen LogP contribution in [-0.4, -0.2) is 16.7 Å². The Kier molecular flexibility index (Phi) is 6.25. The van der Waals surface area contributed by atoms with E-state index >= 15 is 0 Å². The van der Waals surface area contributed by atoms with Crippen molar-refractivity contribution in [2.24, 2.45) is 0 Å². The summed E-state index contributed by atoms with van der Waals surface area (Å²) in [4.78, 5) is 0. The van der Waals surface area contributed by atoms with Crippen LogP contribution in [0.4, 0.5) is 0 Å². The minimum Gasteiger partial charge on any atom is -0.419 e. The van der Waals surface area contributed by atoms with E-state index < -0.39 is 0 Å². The van der Waals surface area contributed by atoms with Crippen molar-refractivity contribution in [3.05, 3.63) is 106 Å². The topological polar surface area (TPSA) is 51.0 Å². The zero-order chi connectivity index (χ0) is 20.1. The van der Waals surface area contributed by atoms with Crippen molar-refractivity contribution < 1.29 is 4.42 Å². The molecular weight excluding hydrogens is 405 g/mol. The number of hydrogen-bond donors (Lipinski definition) is 1. The first kappa shape index (κ1) is 19.6. The van der Waals surface area contributed by atoms with Crippen LogP contribution in [-0.2, 0) is 6.42 Å². The van der Waals surface area contributed by atoms with Crippen LogP contribution in [0.1, 0.15) is 23.1 Å². The van der Waals surface area contributed by atoms with Crippen molar-refractivity contribution in [1.29, 1.82) is 0 Å². The Morgan fingerprint density at radius 1 is 0.828 bits per heavy atom. The molecule has 4 rings (SSSR count). The van der Waals surface area contributed by atoms with Crippen molar-refractivity contribution in [1.82, 2.24) is 15.5 Å². The van der Waals surface area contributed by atoms with Crippen LogP contribution in [0, 0.1) is 0 Å². The Morgan fingerprint density at radius 2 is 1.55 bits per heavy atom. The summed E-state index contributed by atoms with van der Waals surface area (Å²) in [5.41, 5.74) is 2.97. The van der Waals surface area contributed by atoms with Crippen molar-refractivity contribution in [2.75, 3.05) is 6.54 Å². The summed E-state index contributed by atoms with van der Waals surface area (Å²) in [6.07, 6.45) is 0.831. The van der Waals surface area contributed by atoms with E-state index in [2.05, 4.69) is 15.5 Å². The number of nitrogens with one attached hydrogen (secondary N) is 1. The van der Waals surface area contributed by atoms with Gasteiger partial charge in [-0.1, -0.05) is 71.7 Å².